The highest BCUT2D eigenvalue weighted by Crippen LogP contribution is 2.35. The fraction of sp³-hybridized carbons (Fsp3) is 0.708. The zero-order valence-corrected chi connectivity index (χ0v) is 18.4. The van der Waals surface area contributed by atoms with E-state index in [1.807, 2.05) is 6.07 Å². The molecule has 1 amide bonds. The zero-order chi connectivity index (χ0) is 20.6. The maximum atomic E-state index is 12.8. The van der Waals surface area contributed by atoms with E-state index >= 15 is 0 Å². The Balaban J connectivity index is 1.28. The fourth-order valence-electron chi connectivity index (χ4n) is 6.07. The van der Waals surface area contributed by atoms with Gasteiger partial charge in [-0.15, -0.1) is 0 Å². The standard InChI is InChI=1S/C24H37N3O2/c1-23(2)12-17(13-24(3,4)26-23)10-22(28)25-19-11-20-16-29-21(15-27(20)14-19)18-8-6-5-7-9-18/h5-9,17,19-21,26H,10-16H2,1-4H3,(H,25,28)/t19-,20-,21+/m0/s1. The van der Waals surface area contributed by atoms with E-state index in [0.29, 0.717) is 18.4 Å². The van der Waals surface area contributed by atoms with Crippen LogP contribution in [0.4, 0.5) is 0 Å². The second kappa shape index (κ2) is 8.01. The smallest absolute Gasteiger partial charge is 0.220 e. The van der Waals surface area contributed by atoms with Gasteiger partial charge < -0.3 is 15.4 Å². The number of nitrogens with zero attached hydrogens (tertiary/aromatic N) is 1. The van der Waals surface area contributed by atoms with Crippen molar-refractivity contribution in [3.8, 4) is 0 Å². The number of carbonyl (C=O) groups excluding carboxylic acids is 1. The van der Waals surface area contributed by atoms with Crippen LogP contribution in [0.2, 0.25) is 0 Å². The van der Waals surface area contributed by atoms with E-state index in [1.54, 1.807) is 0 Å². The normalized spacial score (nSPS) is 31.9. The van der Waals surface area contributed by atoms with Crippen LogP contribution in [0.1, 0.15) is 65.0 Å². The van der Waals surface area contributed by atoms with Gasteiger partial charge in [0.2, 0.25) is 5.91 Å². The molecule has 160 valence electrons. The van der Waals surface area contributed by atoms with Crippen molar-refractivity contribution in [2.24, 2.45) is 5.92 Å². The monoisotopic (exact) mass is 399 g/mol. The molecule has 3 aliphatic rings. The van der Waals surface area contributed by atoms with Crippen molar-refractivity contribution < 1.29 is 9.53 Å². The van der Waals surface area contributed by atoms with Crippen LogP contribution in [0.3, 0.4) is 0 Å². The van der Waals surface area contributed by atoms with Crippen LogP contribution in [-0.2, 0) is 9.53 Å². The number of benzene rings is 1. The van der Waals surface area contributed by atoms with Crippen LogP contribution in [0.5, 0.6) is 0 Å². The molecule has 4 rings (SSSR count). The van der Waals surface area contributed by atoms with Crippen molar-refractivity contribution in [1.82, 2.24) is 15.5 Å². The van der Waals surface area contributed by atoms with Gasteiger partial charge in [-0.1, -0.05) is 30.3 Å². The highest BCUT2D eigenvalue weighted by atomic mass is 16.5. The third-order valence-electron chi connectivity index (χ3n) is 6.70. The molecule has 0 saturated carbocycles. The molecule has 2 N–H and O–H groups in total. The molecule has 0 aliphatic carbocycles. The Morgan fingerprint density at radius 3 is 2.52 bits per heavy atom. The molecule has 1 aromatic rings. The van der Waals surface area contributed by atoms with E-state index in [-0.39, 0.29) is 29.1 Å². The molecule has 3 heterocycles. The lowest BCUT2D eigenvalue weighted by Gasteiger charge is -2.46. The summed E-state index contributed by atoms with van der Waals surface area (Å²) < 4.78 is 6.14. The first-order chi connectivity index (χ1) is 13.7. The van der Waals surface area contributed by atoms with E-state index in [4.69, 9.17) is 4.74 Å². The molecule has 0 unspecified atom stereocenters. The number of nitrogens with one attached hydrogen (secondary N) is 2. The van der Waals surface area contributed by atoms with Gasteiger partial charge in [-0.05, 0) is 58.4 Å². The van der Waals surface area contributed by atoms with Gasteiger partial charge in [0, 0.05) is 42.7 Å². The van der Waals surface area contributed by atoms with Gasteiger partial charge >= 0.3 is 0 Å². The molecule has 0 aromatic heterocycles. The van der Waals surface area contributed by atoms with Crippen molar-refractivity contribution in [2.45, 2.75) is 82.6 Å². The van der Waals surface area contributed by atoms with E-state index in [2.05, 4.69) is 67.5 Å². The summed E-state index contributed by atoms with van der Waals surface area (Å²) in [5.41, 5.74) is 1.42. The second-order valence-electron chi connectivity index (χ2n) is 10.7. The first kappa shape index (κ1) is 20.8. The summed E-state index contributed by atoms with van der Waals surface area (Å²) in [5.74, 6) is 0.657. The Hall–Kier alpha value is -1.43. The van der Waals surface area contributed by atoms with E-state index in [9.17, 15) is 4.79 Å². The molecule has 5 heteroatoms. The molecule has 29 heavy (non-hydrogen) atoms. The zero-order valence-electron chi connectivity index (χ0n) is 18.4. The topological polar surface area (TPSA) is 53.6 Å². The van der Waals surface area contributed by atoms with Gasteiger partial charge in [0.15, 0.2) is 0 Å². The van der Waals surface area contributed by atoms with Gasteiger partial charge in [0.1, 0.15) is 0 Å². The average molecular weight is 400 g/mol. The number of fused-ring (bicyclic) bond motifs is 1. The number of carbonyl (C=O) groups is 1. The Labute approximate surface area is 175 Å². The third kappa shape index (κ3) is 5.19. The summed E-state index contributed by atoms with van der Waals surface area (Å²) in [7, 11) is 0. The maximum Gasteiger partial charge on any atom is 0.220 e. The molecule has 3 aliphatic heterocycles. The SMILES string of the molecule is CC1(C)CC(CC(=O)N[C@H]2C[C@H]3CO[C@@H](c4ccccc4)CN3C2)CC(C)(C)N1. The highest BCUT2D eigenvalue weighted by molar-refractivity contribution is 5.76. The first-order valence-electron chi connectivity index (χ1n) is 11.2. The van der Waals surface area contributed by atoms with Crippen LogP contribution in [0.15, 0.2) is 30.3 Å². The minimum atomic E-state index is 0.0878. The fourth-order valence-corrected chi connectivity index (χ4v) is 6.07. The average Bonchev–Trinajstić information content (AvgIpc) is 3.00. The lowest BCUT2D eigenvalue weighted by atomic mass is 9.74. The lowest BCUT2D eigenvalue weighted by Crippen LogP contribution is -2.58. The minimum absolute atomic E-state index is 0.0878. The number of rotatable bonds is 4. The van der Waals surface area contributed by atoms with Crippen LogP contribution in [0.25, 0.3) is 0 Å². The van der Waals surface area contributed by atoms with Gasteiger partial charge in [-0.2, -0.15) is 0 Å². The predicted molar refractivity (Wildman–Crippen MR) is 116 cm³/mol. The summed E-state index contributed by atoms with van der Waals surface area (Å²) in [6.45, 7) is 11.6. The van der Waals surface area contributed by atoms with Gasteiger partial charge in [-0.3, -0.25) is 9.69 Å². The van der Waals surface area contributed by atoms with E-state index < -0.39 is 0 Å². The lowest BCUT2D eigenvalue weighted by molar-refractivity contribution is -0.123. The number of piperidine rings is 1. The quantitative estimate of drug-likeness (QED) is 0.816. The summed E-state index contributed by atoms with van der Waals surface area (Å²) in [5, 5.41) is 7.04. The van der Waals surface area contributed by atoms with Crippen molar-refractivity contribution in [2.75, 3.05) is 19.7 Å². The van der Waals surface area contributed by atoms with Crippen molar-refractivity contribution in [1.29, 1.82) is 0 Å². The molecule has 0 spiro atoms. The number of amides is 1. The summed E-state index contributed by atoms with van der Waals surface area (Å²) >= 11 is 0. The van der Waals surface area contributed by atoms with Crippen LogP contribution in [0, 0.1) is 5.92 Å². The molecular weight excluding hydrogens is 362 g/mol. The van der Waals surface area contributed by atoms with E-state index in [1.165, 1.54) is 5.56 Å². The number of morpholine rings is 1. The van der Waals surface area contributed by atoms with E-state index in [0.717, 1.165) is 39.0 Å². The predicted octanol–water partition coefficient (Wildman–Crippen LogP) is 3.26. The molecular formula is C24H37N3O2. The summed E-state index contributed by atoms with van der Waals surface area (Å²) in [4.78, 5) is 15.3. The molecule has 3 atom stereocenters. The highest BCUT2D eigenvalue weighted by Gasteiger charge is 2.40. The summed E-state index contributed by atoms with van der Waals surface area (Å²) in [6.07, 6.45) is 3.88. The number of hydrogen-bond acceptors (Lipinski definition) is 4. The summed E-state index contributed by atoms with van der Waals surface area (Å²) in [6, 6.07) is 11.1. The van der Waals surface area contributed by atoms with Crippen molar-refractivity contribution in [3.05, 3.63) is 35.9 Å². The molecule has 5 nitrogen and oxygen atoms in total. The van der Waals surface area contributed by atoms with Crippen LogP contribution < -0.4 is 10.6 Å². The molecule has 3 fully saturated rings. The van der Waals surface area contributed by atoms with Crippen molar-refractivity contribution >= 4 is 5.91 Å². The molecule has 3 saturated heterocycles. The number of ether oxygens (including phenoxy) is 1. The number of hydrogen-bond donors (Lipinski definition) is 2. The largest absolute Gasteiger partial charge is 0.371 e. The first-order valence-corrected chi connectivity index (χ1v) is 11.2. The second-order valence-corrected chi connectivity index (χ2v) is 10.7. The Morgan fingerprint density at radius 1 is 1.14 bits per heavy atom. The van der Waals surface area contributed by atoms with Gasteiger partial charge in [-0.25, -0.2) is 0 Å². The molecule has 0 bridgehead atoms. The third-order valence-corrected chi connectivity index (χ3v) is 6.70. The maximum absolute atomic E-state index is 12.8. The van der Waals surface area contributed by atoms with Crippen LogP contribution in [-0.4, -0.2) is 53.7 Å². The van der Waals surface area contributed by atoms with Crippen molar-refractivity contribution in [3.63, 3.8) is 0 Å². The Bertz CT molecular complexity index is 702. The molecule has 0 radical (unpaired) electrons. The Kier molecular flexibility index (Phi) is 5.75. The van der Waals surface area contributed by atoms with Gasteiger partial charge in [0.05, 0.1) is 12.7 Å². The molecule has 1 aromatic carbocycles. The Morgan fingerprint density at radius 2 is 1.83 bits per heavy atom. The minimum Gasteiger partial charge on any atom is -0.371 e. The van der Waals surface area contributed by atoms with Crippen LogP contribution >= 0.6 is 0 Å². The van der Waals surface area contributed by atoms with Gasteiger partial charge in [0.25, 0.3) is 0 Å².